The third-order valence-corrected chi connectivity index (χ3v) is 5.54. The molecule has 1 saturated heterocycles. The van der Waals surface area contributed by atoms with E-state index in [9.17, 15) is 0 Å². The lowest BCUT2D eigenvalue weighted by Gasteiger charge is -2.31. The maximum Gasteiger partial charge on any atom is 0.190 e. The SMILES string of the molecule is CN=C(NCCCOCC1CCOC1)NCCCN(C)C1CCCCC1.I. The average molecular weight is 496 g/mol. The molecule has 0 aromatic heterocycles. The molecule has 1 saturated carbocycles. The molecule has 0 aromatic rings. The van der Waals surface area contributed by atoms with Crippen LogP contribution in [0.25, 0.3) is 0 Å². The van der Waals surface area contributed by atoms with Crippen molar-refractivity contribution in [3.63, 3.8) is 0 Å². The molecule has 6 nitrogen and oxygen atoms in total. The van der Waals surface area contributed by atoms with E-state index in [0.717, 1.165) is 77.3 Å². The van der Waals surface area contributed by atoms with E-state index in [1.165, 1.54) is 32.1 Å². The minimum Gasteiger partial charge on any atom is -0.381 e. The minimum absolute atomic E-state index is 0. The zero-order valence-corrected chi connectivity index (χ0v) is 19.7. The van der Waals surface area contributed by atoms with E-state index in [4.69, 9.17) is 9.47 Å². The Morgan fingerprint density at radius 1 is 1.11 bits per heavy atom. The fraction of sp³-hybridized carbons (Fsp3) is 0.950. The van der Waals surface area contributed by atoms with E-state index in [0.29, 0.717) is 5.92 Å². The quantitative estimate of drug-likeness (QED) is 0.200. The second kappa shape index (κ2) is 15.8. The van der Waals surface area contributed by atoms with Crippen LogP contribution in [0.2, 0.25) is 0 Å². The van der Waals surface area contributed by atoms with Gasteiger partial charge in [0.25, 0.3) is 0 Å². The molecule has 0 aromatic carbocycles. The highest BCUT2D eigenvalue weighted by Gasteiger charge is 2.17. The van der Waals surface area contributed by atoms with Gasteiger partial charge in [0.05, 0.1) is 13.2 Å². The van der Waals surface area contributed by atoms with Gasteiger partial charge in [-0.15, -0.1) is 24.0 Å². The van der Waals surface area contributed by atoms with Gasteiger partial charge in [-0.1, -0.05) is 19.3 Å². The molecule has 0 radical (unpaired) electrons. The number of rotatable bonds is 11. The molecule has 1 heterocycles. The Morgan fingerprint density at radius 2 is 1.85 bits per heavy atom. The maximum atomic E-state index is 5.73. The molecule has 2 rings (SSSR count). The second-order valence-corrected chi connectivity index (χ2v) is 7.71. The van der Waals surface area contributed by atoms with Crippen LogP contribution in [0, 0.1) is 5.92 Å². The Hall–Kier alpha value is -0.120. The van der Waals surface area contributed by atoms with Crippen LogP contribution in [-0.2, 0) is 9.47 Å². The van der Waals surface area contributed by atoms with E-state index < -0.39 is 0 Å². The first kappa shape index (κ1) is 24.9. The zero-order valence-electron chi connectivity index (χ0n) is 17.4. The lowest BCUT2D eigenvalue weighted by atomic mass is 9.94. The van der Waals surface area contributed by atoms with Gasteiger partial charge in [-0.2, -0.15) is 0 Å². The standard InChI is InChI=1S/C20H40N4O2.HI/c1-21-20(23-12-7-14-25-16-18-10-15-26-17-18)22-11-6-13-24(2)19-8-4-3-5-9-19;/h18-19H,3-17H2,1-2H3,(H2,21,22,23);1H. The number of guanidine groups is 1. The molecule has 160 valence electrons. The monoisotopic (exact) mass is 496 g/mol. The third kappa shape index (κ3) is 10.9. The molecular weight excluding hydrogens is 455 g/mol. The molecule has 27 heavy (non-hydrogen) atoms. The largest absolute Gasteiger partial charge is 0.381 e. The molecule has 1 atom stereocenters. The maximum absolute atomic E-state index is 5.73. The van der Waals surface area contributed by atoms with Crippen LogP contribution < -0.4 is 10.6 Å². The van der Waals surface area contributed by atoms with Gasteiger partial charge in [0.1, 0.15) is 0 Å². The minimum atomic E-state index is 0. The summed E-state index contributed by atoms with van der Waals surface area (Å²) < 4.78 is 11.1. The van der Waals surface area contributed by atoms with Gasteiger partial charge in [0, 0.05) is 45.3 Å². The summed E-state index contributed by atoms with van der Waals surface area (Å²) in [7, 11) is 4.11. The van der Waals surface area contributed by atoms with Crippen LogP contribution in [-0.4, -0.2) is 77.1 Å². The number of aliphatic imine (C=N–C) groups is 1. The lowest BCUT2D eigenvalue weighted by Crippen LogP contribution is -2.40. The predicted octanol–water partition coefficient (Wildman–Crippen LogP) is 2.87. The Kier molecular flexibility index (Phi) is 14.5. The first-order valence-corrected chi connectivity index (χ1v) is 10.6. The molecule has 0 spiro atoms. The second-order valence-electron chi connectivity index (χ2n) is 7.71. The van der Waals surface area contributed by atoms with Gasteiger partial charge in [0.2, 0.25) is 0 Å². The smallest absolute Gasteiger partial charge is 0.190 e. The van der Waals surface area contributed by atoms with Crippen LogP contribution in [0.4, 0.5) is 0 Å². The van der Waals surface area contributed by atoms with Crippen molar-refractivity contribution >= 4 is 29.9 Å². The van der Waals surface area contributed by atoms with Gasteiger partial charge >= 0.3 is 0 Å². The van der Waals surface area contributed by atoms with E-state index in [1.54, 1.807) is 0 Å². The van der Waals surface area contributed by atoms with Crippen molar-refractivity contribution in [1.82, 2.24) is 15.5 Å². The summed E-state index contributed by atoms with van der Waals surface area (Å²) in [6.07, 6.45) is 10.3. The van der Waals surface area contributed by atoms with E-state index >= 15 is 0 Å². The molecule has 1 unspecified atom stereocenters. The summed E-state index contributed by atoms with van der Waals surface area (Å²) in [5.74, 6) is 1.50. The highest BCUT2D eigenvalue weighted by atomic mass is 127. The molecular formula is C20H41IN4O2. The van der Waals surface area contributed by atoms with E-state index in [2.05, 4.69) is 27.6 Å². The van der Waals surface area contributed by atoms with Crippen molar-refractivity contribution in [2.75, 3.05) is 60.2 Å². The van der Waals surface area contributed by atoms with Crippen LogP contribution >= 0.6 is 24.0 Å². The van der Waals surface area contributed by atoms with Gasteiger partial charge < -0.3 is 25.0 Å². The van der Waals surface area contributed by atoms with Gasteiger partial charge in [-0.3, -0.25) is 4.99 Å². The first-order valence-electron chi connectivity index (χ1n) is 10.6. The first-order chi connectivity index (χ1) is 12.8. The number of hydrogen-bond acceptors (Lipinski definition) is 4. The Balaban J connectivity index is 0.00000364. The van der Waals surface area contributed by atoms with Crippen molar-refractivity contribution in [1.29, 1.82) is 0 Å². The third-order valence-electron chi connectivity index (χ3n) is 5.54. The summed E-state index contributed by atoms with van der Waals surface area (Å²) in [6, 6.07) is 0.803. The average Bonchev–Trinajstić information content (AvgIpc) is 3.20. The van der Waals surface area contributed by atoms with Crippen molar-refractivity contribution < 1.29 is 9.47 Å². The Labute approximate surface area is 183 Å². The molecule has 0 bridgehead atoms. The molecule has 1 aliphatic heterocycles. The van der Waals surface area contributed by atoms with E-state index in [1.807, 2.05) is 7.05 Å². The normalized spacial score (nSPS) is 21.3. The van der Waals surface area contributed by atoms with Gasteiger partial charge in [-0.25, -0.2) is 0 Å². The van der Waals surface area contributed by atoms with Crippen molar-refractivity contribution in [2.45, 2.75) is 57.4 Å². The van der Waals surface area contributed by atoms with Crippen LogP contribution in [0.15, 0.2) is 4.99 Å². The highest BCUT2D eigenvalue weighted by Crippen LogP contribution is 2.21. The number of nitrogens with one attached hydrogen (secondary N) is 2. The lowest BCUT2D eigenvalue weighted by molar-refractivity contribution is 0.0888. The summed E-state index contributed by atoms with van der Waals surface area (Å²) >= 11 is 0. The predicted molar refractivity (Wildman–Crippen MR) is 123 cm³/mol. The summed E-state index contributed by atoms with van der Waals surface area (Å²) in [5.41, 5.74) is 0. The van der Waals surface area contributed by atoms with Gasteiger partial charge in [-0.05, 0) is 45.7 Å². The Morgan fingerprint density at radius 3 is 2.52 bits per heavy atom. The highest BCUT2D eigenvalue weighted by molar-refractivity contribution is 14.0. The van der Waals surface area contributed by atoms with Gasteiger partial charge in [0.15, 0.2) is 5.96 Å². The number of nitrogens with zero attached hydrogens (tertiary/aromatic N) is 2. The molecule has 0 amide bonds. The number of hydrogen-bond donors (Lipinski definition) is 2. The summed E-state index contributed by atoms with van der Waals surface area (Å²) in [4.78, 5) is 6.84. The topological polar surface area (TPSA) is 58.1 Å². The van der Waals surface area contributed by atoms with Crippen molar-refractivity contribution in [3.05, 3.63) is 0 Å². The van der Waals surface area contributed by atoms with Crippen molar-refractivity contribution in [3.8, 4) is 0 Å². The van der Waals surface area contributed by atoms with Crippen LogP contribution in [0.5, 0.6) is 0 Å². The number of halogens is 1. The molecule has 2 N–H and O–H groups in total. The molecule has 2 aliphatic rings. The number of ether oxygens (including phenoxy) is 2. The Bertz CT molecular complexity index is 386. The summed E-state index contributed by atoms with van der Waals surface area (Å²) in [6.45, 7) is 6.41. The molecule has 1 aliphatic carbocycles. The fourth-order valence-electron chi connectivity index (χ4n) is 3.81. The zero-order chi connectivity index (χ0) is 18.5. The summed E-state index contributed by atoms with van der Waals surface area (Å²) in [5, 5.41) is 6.79. The molecule has 2 fully saturated rings. The van der Waals surface area contributed by atoms with E-state index in [-0.39, 0.29) is 24.0 Å². The van der Waals surface area contributed by atoms with Crippen molar-refractivity contribution in [2.24, 2.45) is 10.9 Å². The van der Waals surface area contributed by atoms with Crippen LogP contribution in [0.3, 0.4) is 0 Å². The fourth-order valence-corrected chi connectivity index (χ4v) is 3.81. The van der Waals surface area contributed by atoms with Crippen LogP contribution in [0.1, 0.15) is 51.4 Å². The molecule has 7 heteroatoms.